The third-order valence-electron chi connectivity index (χ3n) is 5.39. The highest BCUT2D eigenvalue weighted by molar-refractivity contribution is 7.91. The molecule has 29 heavy (non-hydrogen) atoms. The van der Waals surface area contributed by atoms with Crippen molar-refractivity contribution in [2.24, 2.45) is 0 Å². The van der Waals surface area contributed by atoms with Crippen LogP contribution < -0.4 is 20.7 Å². The van der Waals surface area contributed by atoms with Gasteiger partial charge in [-0.05, 0) is 42.3 Å². The van der Waals surface area contributed by atoms with Gasteiger partial charge >= 0.3 is 0 Å². The first kappa shape index (κ1) is 21.4. The minimum absolute atomic E-state index is 0.0906. The number of piperazine rings is 1. The van der Waals surface area contributed by atoms with Gasteiger partial charge in [-0.15, -0.1) is 0 Å². The number of aryl methyl sites for hydroxylation is 1. The highest BCUT2D eigenvalue weighted by Gasteiger charge is 2.27. The summed E-state index contributed by atoms with van der Waals surface area (Å²) in [6.07, 6.45) is 1.15. The molecule has 0 saturated carbocycles. The number of ether oxygens (including phenoxy) is 1. The van der Waals surface area contributed by atoms with Crippen molar-refractivity contribution in [3.63, 3.8) is 0 Å². The number of nitrogens with one attached hydrogen (secondary N) is 1. The van der Waals surface area contributed by atoms with E-state index in [1.165, 1.54) is 19.2 Å². The second kappa shape index (κ2) is 8.20. The zero-order valence-corrected chi connectivity index (χ0v) is 18.1. The number of benzene rings is 2. The van der Waals surface area contributed by atoms with E-state index in [9.17, 15) is 12.8 Å². The van der Waals surface area contributed by atoms with Crippen LogP contribution in [0.25, 0.3) is 0 Å². The summed E-state index contributed by atoms with van der Waals surface area (Å²) < 4.78 is 44.9. The summed E-state index contributed by atoms with van der Waals surface area (Å²) in [5.74, 6) is -0.281. The number of halogens is 1. The fourth-order valence-electron chi connectivity index (χ4n) is 4.04. The van der Waals surface area contributed by atoms with Crippen molar-refractivity contribution in [2.75, 3.05) is 50.2 Å². The monoisotopic (exact) mass is 421 g/mol. The van der Waals surface area contributed by atoms with Gasteiger partial charge in [0, 0.05) is 49.6 Å². The lowest BCUT2D eigenvalue weighted by Gasteiger charge is -2.31. The smallest absolute Gasteiger partial charge is 0.177 e. The number of methoxy groups -OCH3 is 1. The largest absolute Gasteiger partial charge is 0.496 e. The molecule has 6 nitrogen and oxygen atoms in total. The summed E-state index contributed by atoms with van der Waals surface area (Å²) in [7, 11) is -2.07. The Hall–Kier alpha value is -2.32. The van der Waals surface area contributed by atoms with Crippen LogP contribution >= 0.6 is 0 Å². The van der Waals surface area contributed by atoms with Crippen LogP contribution in [0, 0.1) is 12.7 Å². The second-order valence-electron chi connectivity index (χ2n) is 7.53. The fraction of sp³-hybridized carbons (Fsp3) is 0.429. The number of nitrogens with zero attached hydrogens (tertiary/aromatic N) is 1. The molecule has 1 heterocycles. The molecule has 0 spiro atoms. The Bertz CT molecular complexity index is 1020. The van der Waals surface area contributed by atoms with Gasteiger partial charge in [0.25, 0.3) is 0 Å². The molecule has 0 amide bonds. The Morgan fingerprint density at radius 3 is 2.41 bits per heavy atom. The minimum Gasteiger partial charge on any atom is -0.496 e. The van der Waals surface area contributed by atoms with Crippen molar-refractivity contribution >= 4 is 21.2 Å². The maximum Gasteiger partial charge on any atom is 0.177 e. The number of hydrogen-bond acceptors (Lipinski definition) is 6. The van der Waals surface area contributed by atoms with E-state index in [0.717, 1.165) is 38.1 Å². The van der Waals surface area contributed by atoms with E-state index >= 15 is 0 Å². The van der Waals surface area contributed by atoms with Gasteiger partial charge in [0.15, 0.2) is 9.84 Å². The van der Waals surface area contributed by atoms with Gasteiger partial charge in [-0.2, -0.15) is 0 Å². The summed E-state index contributed by atoms with van der Waals surface area (Å²) >= 11 is 0. The van der Waals surface area contributed by atoms with Gasteiger partial charge in [0.2, 0.25) is 0 Å². The molecule has 2 aromatic rings. The predicted octanol–water partition coefficient (Wildman–Crippen LogP) is 2.69. The van der Waals surface area contributed by atoms with Crippen molar-refractivity contribution < 1.29 is 17.5 Å². The molecular weight excluding hydrogens is 393 g/mol. The molecule has 0 aliphatic carbocycles. The number of nitrogen functional groups attached to an aromatic ring is 1. The van der Waals surface area contributed by atoms with Crippen LogP contribution in [-0.4, -0.2) is 48.0 Å². The number of rotatable bonds is 5. The molecule has 1 aliphatic rings. The molecule has 1 fully saturated rings. The normalized spacial score (nSPS) is 16.0. The van der Waals surface area contributed by atoms with Crippen molar-refractivity contribution in [1.82, 2.24) is 5.32 Å². The highest BCUT2D eigenvalue weighted by Crippen LogP contribution is 2.40. The van der Waals surface area contributed by atoms with Crippen molar-refractivity contribution in [1.29, 1.82) is 0 Å². The molecule has 1 atom stereocenters. The molecule has 0 radical (unpaired) electrons. The van der Waals surface area contributed by atoms with E-state index in [1.54, 1.807) is 13.0 Å². The molecule has 8 heteroatoms. The van der Waals surface area contributed by atoms with E-state index in [2.05, 4.69) is 10.2 Å². The quantitative estimate of drug-likeness (QED) is 0.722. The van der Waals surface area contributed by atoms with Gasteiger partial charge in [-0.1, -0.05) is 6.92 Å². The summed E-state index contributed by atoms with van der Waals surface area (Å²) in [5, 5.41) is 3.30. The topological polar surface area (TPSA) is 84.7 Å². The van der Waals surface area contributed by atoms with Crippen molar-refractivity contribution in [2.45, 2.75) is 24.7 Å². The SMILES string of the molecule is COc1c(C)cc(F)cc1C(C)c1cc(N2CCNCC2)cc(N)c1S(C)(=O)=O. The minimum atomic E-state index is -3.59. The number of sulfone groups is 1. The molecule has 1 saturated heterocycles. The molecule has 1 aliphatic heterocycles. The average Bonchev–Trinajstić information content (AvgIpc) is 2.66. The zero-order chi connectivity index (χ0) is 21.3. The highest BCUT2D eigenvalue weighted by atomic mass is 32.2. The maximum atomic E-state index is 14.2. The van der Waals surface area contributed by atoms with E-state index in [0.29, 0.717) is 22.4 Å². The molecule has 2 aromatic carbocycles. The molecule has 158 valence electrons. The van der Waals surface area contributed by atoms with Crippen molar-refractivity contribution in [3.8, 4) is 5.75 Å². The third-order valence-corrected chi connectivity index (χ3v) is 6.60. The fourth-order valence-corrected chi connectivity index (χ4v) is 5.19. The third kappa shape index (κ3) is 4.33. The standard InChI is InChI=1S/C21H28FN3O3S/c1-13-9-15(22)10-17(20(13)28-3)14(2)18-11-16(25-7-5-24-6-8-25)12-19(23)21(18)29(4,26)27/h9-12,14,24H,5-8,23H2,1-4H3. The molecular formula is C21H28FN3O3S. The predicted molar refractivity (Wildman–Crippen MR) is 114 cm³/mol. The Kier molecular flexibility index (Phi) is 6.05. The van der Waals surface area contributed by atoms with E-state index in [4.69, 9.17) is 10.5 Å². The van der Waals surface area contributed by atoms with E-state index in [-0.39, 0.29) is 10.6 Å². The van der Waals surface area contributed by atoms with Crippen LogP contribution in [0.3, 0.4) is 0 Å². The van der Waals surface area contributed by atoms with Crippen LogP contribution in [0.5, 0.6) is 5.75 Å². The summed E-state index contributed by atoms with van der Waals surface area (Å²) in [6.45, 7) is 6.90. The van der Waals surface area contributed by atoms with Crippen LogP contribution in [0.15, 0.2) is 29.2 Å². The molecule has 0 bridgehead atoms. The van der Waals surface area contributed by atoms with Gasteiger partial charge in [0.05, 0.1) is 17.7 Å². The lowest BCUT2D eigenvalue weighted by atomic mass is 9.90. The molecule has 3 N–H and O–H groups in total. The Balaban J connectivity index is 2.22. The first-order valence-electron chi connectivity index (χ1n) is 9.56. The first-order chi connectivity index (χ1) is 13.6. The average molecular weight is 422 g/mol. The van der Waals surface area contributed by atoms with Gasteiger partial charge in [-0.3, -0.25) is 0 Å². The molecule has 0 aromatic heterocycles. The first-order valence-corrected chi connectivity index (χ1v) is 11.5. The van der Waals surface area contributed by atoms with Crippen LogP contribution in [0.4, 0.5) is 15.8 Å². The molecule has 1 unspecified atom stereocenters. The van der Waals surface area contributed by atoms with Gasteiger partial charge < -0.3 is 20.7 Å². The van der Waals surface area contributed by atoms with Gasteiger partial charge in [-0.25, -0.2) is 12.8 Å². The van der Waals surface area contributed by atoms with Crippen molar-refractivity contribution in [3.05, 3.63) is 46.8 Å². The van der Waals surface area contributed by atoms with E-state index < -0.39 is 21.6 Å². The van der Waals surface area contributed by atoms with Crippen LogP contribution in [-0.2, 0) is 9.84 Å². The maximum absolute atomic E-state index is 14.2. The summed E-state index contributed by atoms with van der Waals surface area (Å²) in [4.78, 5) is 2.26. The lowest BCUT2D eigenvalue weighted by Crippen LogP contribution is -2.43. The Morgan fingerprint density at radius 1 is 1.17 bits per heavy atom. The summed E-state index contributed by atoms with van der Waals surface area (Å²) in [5.41, 5.74) is 9.10. The van der Waals surface area contributed by atoms with E-state index in [1.807, 2.05) is 13.0 Å². The molecule has 3 rings (SSSR count). The number of nitrogens with two attached hydrogens (primary N) is 1. The van der Waals surface area contributed by atoms with Gasteiger partial charge in [0.1, 0.15) is 11.6 Å². The Morgan fingerprint density at radius 2 is 1.83 bits per heavy atom. The number of anilines is 2. The zero-order valence-electron chi connectivity index (χ0n) is 17.3. The van der Waals surface area contributed by atoms with Crippen LogP contribution in [0.1, 0.15) is 29.5 Å². The lowest BCUT2D eigenvalue weighted by molar-refractivity contribution is 0.403. The Labute approximate surface area is 171 Å². The van der Waals surface area contributed by atoms with Crippen LogP contribution in [0.2, 0.25) is 0 Å². The summed E-state index contributed by atoms with van der Waals surface area (Å²) in [6, 6.07) is 6.38. The number of hydrogen-bond donors (Lipinski definition) is 2. The second-order valence-corrected chi connectivity index (χ2v) is 9.48.